The van der Waals surface area contributed by atoms with E-state index in [1.807, 2.05) is 23.9 Å². The Morgan fingerprint density at radius 2 is 1.88 bits per heavy atom. The zero-order chi connectivity index (χ0) is 18.3. The Balaban J connectivity index is 1.66. The minimum Gasteiger partial charge on any atom is -0.322 e. The molecule has 4 rings (SSSR count). The van der Waals surface area contributed by atoms with E-state index in [0.29, 0.717) is 10.0 Å². The second-order valence-corrected chi connectivity index (χ2v) is 9.78. The van der Waals surface area contributed by atoms with Gasteiger partial charge in [-0.3, -0.25) is 9.69 Å². The lowest BCUT2D eigenvalue weighted by Gasteiger charge is -2.51. The molecule has 0 bridgehead atoms. The maximum Gasteiger partial charge on any atom is 0.231 e. The molecule has 3 nitrogen and oxygen atoms in total. The number of halogens is 2. The first-order chi connectivity index (χ1) is 12.5. The summed E-state index contributed by atoms with van der Waals surface area (Å²) in [7, 11) is 0. The Bertz CT molecular complexity index is 707. The molecule has 0 N–H and O–H groups in total. The molecule has 1 aromatic carbocycles. The number of hydrogen-bond acceptors (Lipinski definition) is 3. The third kappa shape index (κ3) is 3.28. The molecule has 2 fully saturated rings. The van der Waals surface area contributed by atoms with Gasteiger partial charge in [-0.05, 0) is 62.3 Å². The SMILES string of the molecule is CC1(N2CCCC2)CSCCN1C(=O)C1CCCc2cc(Cl)c(Cl)cc21. The van der Waals surface area contributed by atoms with Crippen LogP contribution in [0, 0.1) is 0 Å². The van der Waals surface area contributed by atoms with E-state index in [0.717, 1.165) is 56.0 Å². The summed E-state index contributed by atoms with van der Waals surface area (Å²) in [6.45, 7) is 5.30. The number of aryl methyl sites for hydroxylation is 1. The van der Waals surface area contributed by atoms with Crippen molar-refractivity contribution in [2.24, 2.45) is 0 Å². The van der Waals surface area contributed by atoms with Gasteiger partial charge in [0.05, 0.1) is 16.0 Å². The van der Waals surface area contributed by atoms with Gasteiger partial charge in [-0.15, -0.1) is 0 Å². The highest BCUT2D eigenvalue weighted by Gasteiger charge is 2.45. The third-order valence-corrected chi connectivity index (χ3v) is 8.21. The number of carbonyl (C=O) groups is 1. The van der Waals surface area contributed by atoms with E-state index >= 15 is 0 Å². The fraction of sp³-hybridized carbons (Fsp3) is 0.650. The number of likely N-dealkylation sites (tertiary alicyclic amines) is 1. The van der Waals surface area contributed by atoms with Crippen molar-refractivity contribution in [3.8, 4) is 0 Å². The molecule has 2 heterocycles. The molecule has 0 aromatic heterocycles. The van der Waals surface area contributed by atoms with Gasteiger partial charge in [0.2, 0.25) is 5.91 Å². The number of carbonyl (C=O) groups excluding carboxylic acids is 1. The van der Waals surface area contributed by atoms with Gasteiger partial charge in [0.15, 0.2) is 0 Å². The van der Waals surface area contributed by atoms with Crippen molar-refractivity contribution < 1.29 is 4.79 Å². The van der Waals surface area contributed by atoms with Gasteiger partial charge in [0, 0.05) is 31.1 Å². The molecule has 2 atom stereocenters. The summed E-state index contributed by atoms with van der Waals surface area (Å²) >= 11 is 14.5. The van der Waals surface area contributed by atoms with E-state index in [4.69, 9.17) is 23.2 Å². The highest BCUT2D eigenvalue weighted by atomic mass is 35.5. The molecule has 2 unspecified atom stereocenters. The normalized spacial score (nSPS) is 29.7. The molecule has 142 valence electrons. The summed E-state index contributed by atoms with van der Waals surface area (Å²) < 4.78 is 0. The lowest BCUT2D eigenvalue weighted by molar-refractivity contribution is -0.145. The number of fused-ring (bicyclic) bond motifs is 1. The summed E-state index contributed by atoms with van der Waals surface area (Å²) in [6.07, 6.45) is 5.40. The molecule has 1 aliphatic carbocycles. The molecule has 26 heavy (non-hydrogen) atoms. The van der Waals surface area contributed by atoms with Crippen molar-refractivity contribution in [3.63, 3.8) is 0 Å². The predicted molar refractivity (Wildman–Crippen MR) is 110 cm³/mol. The molecule has 2 aliphatic heterocycles. The first-order valence-electron chi connectivity index (χ1n) is 9.63. The monoisotopic (exact) mass is 412 g/mol. The number of benzene rings is 1. The Morgan fingerprint density at radius 3 is 2.65 bits per heavy atom. The van der Waals surface area contributed by atoms with Gasteiger partial charge < -0.3 is 4.90 Å². The van der Waals surface area contributed by atoms with Gasteiger partial charge in [-0.2, -0.15) is 11.8 Å². The first-order valence-corrected chi connectivity index (χ1v) is 11.5. The molecule has 1 aromatic rings. The number of nitrogens with zero attached hydrogens (tertiary/aromatic N) is 2. The van der Waals surface area contributed by atoms with Crippen molar-refractivity contribution in [1.29, 1.82) is 0 Å². The van der Waals surface area contributed by atoms with E-state index in [1.165, 1.54) is 18.4 Å². The highest BCUT2D eigenvalue weighted by Crippen LogP contribution is 2.40. The number of amides is 1. The first kappa shape index (κ1) is 18.9. The van der Waals surface area contributed by atoms with Crippen molar-refractivity contribution in [1.82, 2.24) is 9.80 Å². The van der Waals surface area contributed by atoms with Gasteiger partial charge in [0.1, 0.15) is 5.66 Å². The van der Waals surface area contributed by atoms with Crippen LogP contribution in [0.15, 0.2) is 12.1 Å². The maximum atomic E-state index is 13.7. The van der Waals surface area contributed by atoms with Crippen molar-refractivity contribution >= 4 is 40.9 Å². The second-order valence-electron chi connectivity index (χ2n) is 7.86. The number of rotatable bonds is 2. The zero-order valence-corrected chi connectivity index (χ0v) is 17.6. The quantitative estimate of drug-likeness (QED) is 0.696. The average molecular weight is 413 g/mol. The Labute approximate surface area is 170 Å². The smallest absolute Gasteiger partial charge is 0.231 e. The van der Waals surface area contributed by atoms with Crippen LogP contribution >= 0.6 is 35.0 Å². The van der Waals surface area contributed by atoms with Crippen LogP contribution in [0.2, 0.25) is 10.0 Å². The minimum atomic E-state index is -0.162. The Hall–Kier alpha value is -0.420. The minimum absolute atomic E-state index is 0.0847. The van der Waals surface area contributed by atoms with Gasteiger partial charge >= 0.3 is 0 Å². The van der Waals surface area contributed by atoms with Crippen LogP contribution in [0.5, 0.6) is 0 Å². The van der Waals surface area contributed by atoms with E-state index < -0.39 is 0 Å². The molecule has 0 spiro atoms. The van der Waals surface area contributed by atoms with Crippen molar-refractivity contribution in [3.05, 3.63) is 33.3 Å². The fourth-order valence-electron chi connectivity index (χ4n) is 4.79. The molecule has 3 aliphatic rings. The van der Waals surface area contributed by atoms with Crippen LogP contribution < -0.4 is 0 Å². The van der Waals surface area contributed by atoms with E-state index in [-0.39, 0.29) is 17.5 Å². The summed E-state index contributed by atoms with van der Waals surface area (Å²) in [5.74, 6) is 2.22. The van der Waals surface area contributed by atoms with Crippen LogP contribution in [0.3, 0.4) is 0 Å². The molecular formula is C20H26Cl2N2OS. The van der Waals surface area contributed by atoms with Gasteiger partial charge in [-0.25, -0.2) is 0 Å². The average Bonchev–Trinajstić information content (AvgIpc) is 3.18. The van der Waals surface area contributed by atoms with Crippen LogP contribution in [-0.4, -0.2) is 52.5 Å². The summed E-state index contributed by atoms with van der Waals surface area (Å²) in [5, 5.41) is 1.15. The maximum absolute atomic E-state index is 13.7. The van der Waals surface area contributed by atoms with E-state index in [9.17, 15) is 4.79 Å². The summed E-state index contributed by atoms with van der Waals surface area (Å²) in [5.41, 5.74) is 2.13. The van der Waals surface area contributed by atoms with Gasteiger partial charge in [0.25, 0.3) is 0 Å². The van der Waals surface area contributed by atoms with Crippen LogP contribution in [-0.2, 0) is 11.2 Å². The fourth-order valence-corrected chi connectivity index (χ4v) is 6.33. The molecule has 2 saturated heterocycles. The van der Waals surface area contributed by atoms with Crippen LogP contribution in [0.1, 0.15) is 49.7 Å². The molecule has 0 saturated carbocycles. The third-order valence-electron chi connectivity index (χ3n) is 6.26. The second kappa shape index (κ2) is 7.54. The Kier molecular flexibility index (Phi) is 5.49. The van der Waals surface area contributed by atoms with E-state index in [2.05, 4.69) is 16.7 Å². The molecule has 1 amide bonds. The van der Waals surface area contributed by atoms with E-state index in [1.54, 1.807) is 0 Å². The summed E-state index contributed by atoms with van der Waals surface area (Å²) in [6, 6.07) is 3.90. The largest absolute Gasteiger partial charge is 0.322 e. The highest BCUT2D eigenvalue weighted by molar-refractivity contribution is 7.99. The van der Waals surface area contributed by atoms with Crippen molar-refractivity contribution in [2.75, 3.05) is 31.1 Å². The molecular weight excluding hydrogens is 387 g/mol. The number of hydrogen-bond donors (Lipinski definition) is 0. The van der Waals surface area contributed by atoms with Crippen LogP contribution in [0.4, 0.5) is 0 Å². The standard InChI is InChI=1S/C20H26Cl2N2OS/c1-20(23-7-2-3-8-23)13-26-10-9-24(20)19(25)15-6-4-5-14-11-17(21)18(22)12-16(14)15/h11-12,15H,2-10,13H2,1H3. The summed E-state index contributed by atoms with van der Waals surface area (Å²) in [4.78, 5) is 18.4. The Morgan fingerprint density at radius 1 is 1.15 bits per heavy atom. The lowest BCUT2D eigenvalue weighted by atomic mass is 9.81. The lowest BCUT2D eigenvalue weighted by Crippen LogP contribution is -2.64. The number of thioether (sulfide) groups is 1. The topological polar surface area (TPSA) is 23.6 Å². The van der Waals surface area contributed by atoms with Crippen molar-refractivity contribution in [2.45, 2.75) is 50.6 Å². The van der Waals surface area contributed by atoms with Gasteiger partial charge in [-0.1, -0.05) is 23.2 Å². The van der Waals surface area contributed by atoms with Crippen LogP contribution in [0.25, 0.3) is 0 Å². The zero-order valence-electron chi connectivity index (χ0n) is 15.3. The predicted octanol–water partition coefficient (Wildman–Crippen LogP) is 4.80. The molecule has 6 heteroatoms. The molecule has 0 radical (unpaired) electrons.